The van der Waals surface area contributed by atoms with Gasteiger partial charge >= 0.3 is 0 Å². The molecule has 0 spiro atoms. The van der Waals surface area contributed by atoms with Crippen LogP contribution in [0.5, 0.6) is 0 Å². The van der Waals surface area contributed by atoms with E-state index in [-0.39, 0.29) is 87.7 Å². The number of hydrogen-bond acceptors (Lipinski definition) is 0. The Morgan fingerprint density at radius 1 is 0.600 bits per heavy atom. The van der Waals surface area contributed by atoms with Gasteiger partial charge in [0.05, 0.1) is 0 Å². The molecule has 0 N–H and O–H groups in total. The van der Waals surface area contributed by atoms with E-state index in [4.69, 9.17) is 0 Å². The van der Waals surface area contributed by atoms with Crippen LogP contribution in [0.15, 0.2) is 0 Å². The minimum absolute atomic E-state index is 0. The van der Waals surface area contributed by atoms with Crippen molar-refractivity contribution in [1.29, 1.82) is 0 Å². The van der Waals surface area contributed by atoms with Crippen molar-refractivity contribution in [2.45, 2.75) is 7.43 Å². The first-order valence-electron chi connectivity index (χ1n) is 0. The van der Waals surface area contributed by atoms with Gasteiger partial charge in [-0.15, -0.1) is 0 Å². The first kappa shape index (κ1) is 57.0. The molecular weight excluding hydrogens is 214 g/mol. The molecule has 0 aliphatic carbocycles. The molecule has 2 radical (unpaired) electrons. The fourth-order valence-electron chi connectivity index (χ4n) is 0. The maximum Gasteiger partial charge on any atom is 0 e. The van der Waals surface area contributed by atoms with Crippen molar-refractivity contribution >= 4 is 0 Å². The zero-order chi connectivity index (χ0) is 0. The Morgan fingerprint density at radius 3 is 0.600 bits per heavy atom. The second-order valence-corrected chi connectivity index (χ2v) is 0. The summed E-state index contributed by atoms with van der Waals surface area (Å²) in [5, 5.41) is 0. The van der Waals surface area contributed by atoms with Gasteiger partial charge in [-0.25, -0.2) is 0 Å². The quantitative estimate of drug-likeness (QED) is 0.547. The minimum Gasteiger partial charge on any atom is -0.358 e. The fraction of sp³-hybridized carbons (Fsp3) is 0.333. The molecule has 0 rings (SSSR count). The second kappa shape index (κ2) is 34.5. The molecule has 0 saturated carbocycles. The van der Waals surface area contributed by atoms with Crippen LogP contribution in [-0.4, -0.2) is 0 Å². The Labute approximate surface area is 86.2 Å². The largest absolute Gasteiger partial charge is 0.358 e. The molecule has 0 aromatic rings. The molecule has 0 unspecified atom stereocenters. The summed E-state index contributed by atoms with van der Waals surface area (Å²) in [6.07, 6.45) is 0. The van der Waals surface area contributed by atoms with E-state index in [9.17, 15) is 0 Å². The smallest absolute Gasteiger partial charge is 0 e. The van der Waals surface area contributed by atoms with Gasteiger partial charge in [0.15, 0.2) is 0 Å². The van der Waals surface area contributed by atoms with Crippen molar-refractivity contribution < 1.29 is 65.4 Å². The van der Waals surface area contributed by atoms with E-state index < -0.39 is 0 Å². The van der Waals surface area contributed by atoms with Gasteiger partial charge < -0.3 is 14.9 Å². The van der Waals surface area contributed by atoms with Gasteiger partial charge in [-0.2, -0.15) is 0 Å². The van der Waals surface area contributed by atoms with Crippen molar-refractivity contribution in [2.75, 3.05) is 0 Å². The standard InChI is InChI=1S/CH4.2CH3.2Y/h1H4;2*1H3;;/q;2*-1;;. The molecule has 0 amide bonds. The SMILES string of the molecule is C.[CH3-].[CH3-].[Y].[Y]. The molecule has 0 aliphatic rings. The molecule has 0 bridgehead atoms. The second-order valence-electron chi connectivity index (χ2n) is 0. The minimum atomic E-state index is 0. The van der Waals surface area contributed by atoms with Crippen LogP contribution in [0.3, 0.4) is 0 Å². The zero-order valence-corrected chi connectivity index (χ0v) is 8.83. The Morgan fingerprint density at radius 2 is 0.600 bits per heavy atom. The average Bonchev–Trinajstić information content (AvgIpc) is 0. The van der Waals surface area contributed by atoms with Crippen LogP contribution < -0.4 is 0 Å². The maximum absolute atomic E-state index is 0. The van der Waals surface area contributed by atoms with Crippen molar-refractivity contribution in [3.8, 4) is 0 Å². The molecule has 0 fully saturated rings. The molecule has 0 aromatic heterocycles. The molecule has 5 heavy (non-hydrogen) atoms. The Kier molecular flexibility index (Phi) is 394. The zero-order valence-electron chi connectivity index (χ0n) is 3.15. The first-order chi connectivity index (χ1) is 0. The monoisotopic (exact) mass is 224 g/mol. The van der Waals surface area contributed by atoms with E-state index in [2.05, 4.69) is 0 Å². The summed E-state index contributed by atoms with van der Waals surface area (Å²) in [6.45, 7) is 0. The average molecular weight is 224 g/mol. The van der Waals surface area contributed by atoms with Crippen molar-refractivity contribution in [3.05, 3.63) is 14.9 Å². The fourth-order valence-corrected chi connectivity index (χ4v) is 0. The summed E-state index contributed by atoms with van der Waals surface area (Å²) in [6, 6.07) is 0. The predicted octanol–water partition coefficient (Wildman–Crippen LogP) is 1.53. The maximum atomic E-state index is 0. The van der Waals surface area contributed by atoms with Crippen LogP contribution >= 0.6 is 0 Å². The van der Waals surface area contributed by atoms with Gasteiger partial charge in [-0.05, 0) is 0 Å². The van der Waals surface area contributed by atoms with Gasteiger partial charge in [0, 0.05) is 65.4 Å². The van der Waals surface area contributed by atoms with E-state index in [1.165, 1.54) is 0 Å². The van der Waals surface area contributed by atoms with Gasteiger partial charge in [0.25, 0.3) is 0 Å². The molecule has 0 atom stereocenters. The molecule has 30 valence electrons. The van der Waals surface area contributed by atoms with E-state index in [0.717, 1.165) is 0 Å². The van der Waals surface area contributed by atoms with Crippen LogP contribution in [0.1, 0.15) is 7.43 Å². The third-order valence-electron chi connectivity index (χ3n) is 0. The van der Waals surface area contributed by atoms with Gasteiger partial charge in [0.2, 0.25) is 0 Å². The van der Waals surface area contributed by atoms with Crippen LogP contribution in [-0.2, 0) is 65.4 Å². The normalized spacial score (nSPS) is 0. The van der Waals surface area contributed by atoms with E-state index in [1.807, 2.05) is 0 Å². The first-order valence-corrected chi connectivity index (χ1v) is 0. The van der Waals surface area contributed by atoms with E-state index in [0.29, 0.717) is 0 Å². The molecule has 0 saturated heterocycles. The summed E-state index contributed by atoms with van der Waals surface area (Å²) < 4.78 is 0. The van der Waals surface area contributed by atoms with Crippen molar-refractivity contribution in [2.24, 2.45) is 0 Å². The number of rotatable bonds is 0. The van der Waals surface area contributed by atoms with Crippen LogP contribution in [0, 0.1) is 14.9 Å². The molecule has 0 heterocycles. The Bertz CT molecular complexity index is 4.85. The summed E-state index contributed by atoms with van der Waals surface area (Å²) >= 11 is 0. The van der Waals surface area contributed by atoms with Crippen LogP contribution in [0.25, 0.3) is 0 Å². The molecular formula is C3H10Y2-2. The third-order valence-corrected chi connectivity index (χ3v) is 0. The van der Waals surface area contributed by atoms with Gasteiger partial charge in [0.1, 0.15) is 0 Å². The molecule has 0 aromatic carbocycles. The molecule has 0 aliphatic heterocycles. The van der Waals surface area contributed by atoms with E-state index in [1.54, 1.807) is 0 Å². The van der Waals surface area contributed by atoms with Gasteiger partial charge in [-0.1, -0.05) is 7.43 Å². The Hall–Kier alpha value is 2.21. The van der Waals surface area contributed by atoms with Gasteiger partial charge in [-0.3, -0.25) is 0 Å². The summed E-state index contributed by atoms with van der Waals surface area (Å²) in [4.78, 5) is 0. The summed E-state index contributed by atoms with van der Waals surface area (Å²) in [5.41, 5.74) is 0. The predicted molar refractivity (Wildman–Crippen MR) is 19.6 cm³/mol. The molecule has 2 heteroatoms. The summed E-state index contributed by atoms with van der Waals surface area (Å²) in [5.74, 6) is 0. The Balaban J connectivity index is 0. The van der Waals surface area contributed by atoms with Crippen LogP contribution in [0.2, 0.25) is 0 Å². The van der Waals surface area contributed by atoms with Crippen LogP contribution in [0.4, 0.5) is 0 Å². The van der Waals surface area contributed by atoms with E-state index >= 15 is 0 Å². The topological polar surface area (TPSA) is 0 Å². The summed E-state index contributed by atoms with van der Waals surface area (Å²) in [7, 11) is 0. The van der Waals surface area contributed by atoms with Crippen molar-refractivity contribution in [3.63, 3.8) is 0 Å². The number of hydrogen-bond donors (Lipinski definition) is 0. The van der Waals surface area contributed by atoms with Crippen molar-refractivity contribution in [1.82, 2.24) is 0 Å². The third kappa shape index (κ3) is 22.5. The molecule has 0 nitrogen and oxygen atoms in total.